The van der Waals surface area contributed by atoms with E-state index in [4.69, 9.17) is 4.42 Å². The summed E-state index contributed by atoms with van der Waals surface area (Å²) < 4.78 is 7.20. The normalized spacial score (nSPS) is 11.0. The zero-order chi connectivity index (χ0) is 16.5. The second kappa shape index (κ2) is 5.70. The lowest BCUT2D eigenvalue weighted by atomic mass is 10.0. The average molecular weight is 318 g/mol. The lowest BCUT2D eigenvalue weighted by Crippen LogP contribution is -2.04. The highest BCUT2D eigenvalue weighted by molar-refractivity contribution is 5.88. The van der Waals surface area contributed by atoms with Crippen molar-refractivity contribution in [3.8, 4) is 16.9 Å². The van der Waals surface area contributed by atoms with E-state index in [0.717, 1.165) is 11.1 Å². The molecular formula is C19H14N2O3. The summed E-state index contributed by atoms with van der Waals surface area (Å²) in [5, 5.41) is 11.2. The van der Waals surface area contributed by atoms with Gasteiger partial charge >= 0.3 is 5.63 Å². The molecule has 2 heterocycles. The molecule has 0 atom stereocenters. The van der Waals surface area contributed by atoms with Gasteiger partial charge in [-0.25, -0.2) is 9.78 Å². The van der Waals surface area contributed by atoms with E-state index in [-0.39, 0.29) is 5.75 Å². The number of aromatic nitrogens is 2. The molecular weight excluding hydrogens is 304 g/mol. The van der Waals surface area contributed by atoms with Gasteiger partial charge in [0, 0.05) is 36.0 Å². The van der Waals surface area contributed by atoms with Crippen LogP contribution in [0.15, 0.2) is 76.5 Å². The molecule has 24 heavy (non-hydrogen) atoms. The third-order valence-corrected chi connectivity index (χ3v) is 3.94. The molecule has 0 fully saturated rings. The average Bonchev–Trinajstić information content (AvgIpc) is 3.09. The molecule has 118 valence electrons. The van der Waals surface area contributed by atoms with Crippen LogP contribution in [-0.4, -0.2) is 14.7 Å². The summed E-state index contributed by atoms with van der Waals surface area (Å²) in [5.74, 6) is 0.148. The number of hydrogen-bond acceptors (Lipinski definition) is 4. The summed E-state index contributed by atoms with van der Waals surface area (Å²) >= 11 is 0. The van der Waals surface area contributed by atoms with Crippen molar-refractivity contribution in [1.82, 2.24) is 9.55 Å². The summed E-state index contributed by atoms with van der Waals surface area (Å²) in [5.41, 5.74) is 2.30. The fourth-order valence-electron chi connectivity index (χ4n) is 2.82. The molecule has 5 nitrogen and oxygen atoms in total. The van der Waals surface area contributed by atoms with Crippen LogP contribution in [0.25, 0.3) is 22.1 Å². The molecule has 0 spiro atoms. The van der Waals surface area contributed by atoms with Crippen molar-refractivity contribution in [3.05, 3.63) is 83.2 Å². The van der Waals surface area contributed by atoms with Crippen molar-refractivity contribution in [2.24, 2.45) is 0 Å². The molecule has 2 aromatic heterocycles. The van der Waals surface area contributed by atoms with Crippen molar-refractivity contribution < 1.29 is 9.52 Å². The fourth-order valence-corrected chi connectivity index (χ4v) is 2.82. The molecule has 0 aliphatic heterocycles. The molecule has 0 saturated carbocycles. The zero-order valence-electron chi connectivity index (χ0n) is 12.7. The lowest BCUT2D eigenvalue weighted by Gasteiger charge is -2.10. The number of benzene rings is 2. The van der Waals surface area contributed by atoms with E-state index >= 15 is 0 Å². The Balaban J connectivity index is 1.91. The van der Waals surface area contributed by atoms with Gasteiger partial charge in [-0.2, -0.15) is 0 Å². The van der Waals surface area contributed by atoms with Gasteiger partial charge in [0.2, 0.25) is 0 Å². The van der Waals surface area contributed by atoms with Crippen molar-refractivity contribution in [2.45, 2.75) is 6.54 Å². The van der Waals surface area contributed by atoms with Crippen LogP contribution in [0.1, 0.15) is 5.56 Å². The van der Waals surface area contributed by atoms with E-state index in [1.807, 2.05) is 41.1 Å². The van der Waals surface area contributed by atoms with Gasteiger partial charge in [-0.3, -0.25) is 0 Å². The van der Waals surface area contributed by atoms with Crippen LogP contribution in [-0.2, 0) is 6.54 Å². The Morgan fingerprint density at radius 1 is 1.12 bits per heavy atom. The quantitative estimate of drug-likeness (QED) is 0.588. The Morgan fingerprint density at radius 2 is 1.96 bits per heavy atom. The number of phenols is 1. The topological polar surface area (TPSA) is 68.3 Å². The maximum atomic E-state index is 11.9. The molecule has 0 bridgehead atoms. The minimum absolute atomic E-state index is 0.148. The Hall–Kier alpha value is -3.34. The zero-order valence-corrected chi connectivity index (χ0v) is 12.7. The van der Waals surface area contributed by atoms with Crippen LogP contribution in [0, 0.1) is 0 Å². The molecule has 4 aromatic rings. The van der Waals surface area contributed by atoms with Crippen molar-refractivity contribution in [3.63, 3.8) is 0 Å². The predicted molar refractivity (Wildman–Crippen MR) is 90.9 cm³/mol. The number of fused-ring (bicyclic) bond motifs is 1. The van der Waals surface area contributed by atoms with Crippen LogP contribution in [0.4, 0.5) is 0 Å². The number of aromatic hydroxyl groups is 1. The number of rotatable bonds is 3. The van der Waals surface area contributed by atoms with Crippen molar-refractivity contribution in [1.29, 1.82) is 0 Å². The summed E-state index contributed by atoms with van der Waals surface area (Å²) in [6.07, 6.45) is 5.18. The van der Waals surface area contributed by atoms with E-state index in [1.165, 1.54) is 6.07 Å². The second-order valence-electron chi connectivity index (χ2n) is 5.56. The summed E-state index contributed by atoms with van der Waals surface area (Å²) in [6.45, 7) is 0.478. The summed E-state index contributed by atoms with van der Waals surface area (Å²) in [7, 11) is 0. The number of phenolic OH excluding ortho intramolecular Hbond substituents is 1. The first-order chi connectivity index (χ1) is 11.7. The van der Waals surface area contributed by atoms with Gasteiger partial charge in [0.05, 0.1) is 6.33 Å². The van der Waals surface area contributed by atoms with Gasteiger partial charge < -0.3 is 14.1 Å². The third kappa shape index (κ3) is 2.56. The second-order valence-corrected chi connectivity index (χ2v) is 5.56. The van der Waals surface area contributed by atoms with Crippen LogP contribution in [0.2, 0.25) is 0 Å². The Morgan fingerprint density at radius 3 is 2.71 bits per heavy atom. The largest absolute Gasteiger partial charge is 0.507 e. The minimum atomic E-state index is -0.415. The highest BCUT2D eigenvalue weighted by atomic mass is 16.4. The smallest absolute Gasteiger partial charge is 0.336 e. The summed E-state index contributed by atoms with van der Waals surface area (Å²) in [6, 6.07) is 14.3. The van der Waals surface area contributed by atoms with Gasteiger partial charge in [-0.15, -0.1) is 0 Å². The third-order valence-electron chi connectivity index (χ3n) is 3.94. The Labute approximate surface area is 137 Å². The van der Waals surface area contributed by atoms with E-state index in [2.05, 4.69) is 4.98 Å². The highest BCUT2D eigenvalue weighted by Crippen LogP contribution is 2.34. The van der Waals surface area contributed by atoms with Gasteiger partial charge in [0.1, 0.15) is 11.3 Å². The molecule has 5 heteroatoms. The SMILES string of the molecule is O=c1cc(Cn2ccnc2)c2cc(O)c(-c3ccccc3)cc2o1. The molecule has 0 aliphatic carbocycles. The molecule has 1 N–H and O–H groups in total. The van der Waals surface area contributed by atoms with Gasteiger partial charge in [0.25, 0.3) is 0 Å². The lowest BCUT2D eigenvalue weighted by molar-refractivity contribution is 0.477. The number of hydrogen-bond donors (Lipinski definition) is 1. The summed E-state index contributed by atoms with van der Waals surface area (Å²) in [4.78, 5) is 15.9. The molecule has 0 saturated heterocycles. The maximum Gasteiger partial charge on any atom is 0.336 e. The van der Waals surface area contributed by atoms with Crippen molar-refractivity contribution in [2.75, 3.05) is 0 Å². The van der Waals surface area contributed by atoms with Crippen molar-refractivity contribution >= 4 is 11.0 Å². The molecule has 2 aromatic carbocycles. The first-order valence-corrected chi connectivity index (χ1v) is 7.51. The van der Waals surface area contributed by atoms with Gasteiger partial charge in [-0.1, -0.05) is 30.3 Å². The highest BCUT2D eigenvalue weighted by Gasteiger charge is 2.12. The first-order valence-electron chi connectivity index (χ1n) is 7.51. The van der Waals surface area contributed by atoms with Gasteiger partial charge in [0.15, 0.2) is 0 Å². The van der Waals surface area contributed by atoms with Crippen LogP contribution >= 0.6 is 0 Å². The Kier molecular flexibility index (Phi) is 3.39. The van der Waals surface area contributed by atoms with Gasteiger partial charge in [-0.05, 0) is 23.3 Å². The van der Waals surface area contributed by atoms with E-state index in [9.17, 15) is 9.90 Å². The minimum Gasteiger partial charge on any atom is -0.507 e. The molecule has 4 rings (SSSR count). The van der Waals surface area contributed by atoms with E-state index in [1.54, 1.807) is 24.7 Å². The monoisotopic (exact) mass is 318 g/mol. The molecule has 0 aliphatic rings. The van der Waals surface area contributed by atoms with E-state index < -0.39 is 5.63 Å². The predicted octanol–water partition coefficient (Wildman–Crippen LogP) is 3.41. The maximum absolute atomic E-state index is 11.9. The number of imidazole rings is 1. The standard InChI is InChI=1S/C19H14N2O3/c22-17-9-16-14(11-21-7-6-20-12-21)8-19(23)24-18(16)10-15(17)13-4-2-1-3-5-13/h1-10,12,22H,11H2. The van der Waals surface area contributed by atoms with Crippen LogP contribution in [0.3, 0.4) is 0 Å². The van der Waals surface area contributed by atoms with E-state index in [0.29, 0.717) is 23.1 Å². The molecule has 0 unspecified atom stereocenters. The first kappa shape index (κ1) is 14.3. The Bertz CT molecular complexity index is 1050. The fraction of sp³-hybridized carbons (Fsp3) is 0.0526. The van der Waals surface area contributed by atoms with Crippen LogP contribution in [0.5, 0.6) is 5.75 Å². The van der Waals surface area contributed by atoms with Crippen LogP contribution < -0.4 is 5.63 Å². The molecule has 0 radical (unpaired) electrons. The molecule has 0 amide bonds. The number of nitrogens with zero attached hydrogens (tertiary/aromatic N) is 2.